The second-order valence-electron chi connectivity index (χ2n) is 5.62. The normalized spacial score (nSPS) is 10.5. The van der Waals surface area contributed by atoms with Crippen LogP contribution in [0.4, 0.5) is 5.13 Å². The summed E-state index contributed by atoms with van der Waals surface area (Å²) < 4.78 is 16.6. The highest BCUT2D eigenvalue weighted by Crippen LogP contribution is 2.38. The summed E-state index contributed by atoms with van der Waals surface area (Å²) in [6, 6.07) is 10.8. The molecule has 0 bridgehead atoms. The molecule has 0 unspecified atom stereocenters. The lowest BCUT2D eigenvalue weighted by Gasteiger charge is -2.13. The highest BCUT2D eigenvalue weighted by molar-refractivity contribution is 8.00. The van der Waals surface area contributed by atoms with Crippen LogP contribution in [0, 0.1) is 0 Å². The van der Waals surface area contributed by atoms with Crippen molar-refractivity contribution in [3.63, 3.8) is 0 Å². The fraction of sp³-hybridized carbons (Fsp3) is 0.211. The first-order valence-electron chi connectivity index (χ1n) is 8.36. The molecule has 1 N–H and O–H groups in total. The Morgan fingerprint density at radius 1 is 1.10 bits per heavy atom. The molecule has 29 heavy (non-hydrogen) atoms. The van der Waals surface area contributed by atoms with E-state index in [-0.39, 0.29) is 5.91 Å². The van der Waals surface area contributed by atoms with Gasteiger partial charge in [0.1, 0.15) is 0 Å². The van der Waals surface area contributed by atoms with Gasteiger partial charge in [-0.2, -0.15) is 0 Å². The number of halogens is 1. The Labute approximate surface area is 181 Å². The Bertz CT molecular complexity index is 988. The third kappa shape index (κ3) is 5.11. The molecule has 0 spiro atoms. The molecule has 0 aliphatic rings. The molecule has 0 saturated carbocycles. The van der Waals surface area contributed by atoms with E-state index >= 15 is 0 Å². The second-order valence-corrected chi connectivity index (χ2v) is 8.23. The lowest BCUT2D eigenvalue weighted by molar-refractivity contribution is 0.102. The van der Waals surface area contributed by atoms with Gasteiger partial charge in [0.05, 0.1) is 21.3 Å². The Hall–Kier alpha value is -2.49. The van der Waals surface area contributed by atoms with Crippen molar-refractivity contribution in [3.8, 4) is 17.2 Å². The zero-order valence-corrected chi connectivity index (χ0v) is 18.3. The number of nitrogens with one attached hydrogen (secondary N) is 1. The summed E-state index contributed by atoms with van der Waals surface area (Å²) in [6.45, 7) is 0. The summed E-state index contributed by atoms with van der Waals surface area (Å²) in [4.78, 5) is 12.6. The van der Waals surface area contributed by atoms with Crippen LogP contribution < -0.4 is 19.5 Å². The van der Waals surface area contributed by atoms with Crippen molar-refractivity contribution in [3.05, 3.63) is 52.5 Å². The number of carbonyl (C=O) groups is 1. The molecule has 7 nitrogen and oxygen atoms in total. The molecule has 2 aromatic carbocycles. The zero-order chi connectivity index (χ0) is 20.8. The van der Waals surface area contributed by atoms with E-state index in [0.717, 1.165) is 9.90 Å². The predicted octanol–water partition coefficient (Wildman–Crippen LogP) is 4.76. The minimum atomic E-state index is -0.358. The molecular weight excluding hydrogens is 434 g/mol. The number of nitrogens with zero attached hydrogens (tertiary/aromatic N) is 2. The topological polar surface area (TPSA) is 82.6 Å². The first-order chi connectivity index (χ1) is 14.0. The number of hydrogen-bond donors (Lipinski definition) is 1. The van der Waals surface area contributed by atoms with Crippen molar-refractivity contribution in [2.75, 3.05) is 26.6 Å². The maximum absolute atomic E-state index is 12.6. The standard InChI is InChI=1S/C19H18ClN3O4S2/c1-25-14-8-12(9-15(26-2)16(14)27-3)17(24)21-18-22-23-19(29-18)28-10-11-6-4-5-7-13(11)20/h4-9H,10H2,1-3H3,(H,21,22,24). The van der Waals surface area contributed by atoms with Gasteiger partial charge in [0.15, 0.2) is 15.8 Å². The van der Waals surface area contributed by atoms with Crippen molar-refractivity contribution in [2.45, 2.75) is 10.1 Å². The molecular formula is C19H18ClN3O4S2. The number of ether oxygens (including phenoxy) is 3. The quantitative estimate of drug-likeness (QED) is 0.390. The third-order valence-electron chi connectivity index (χ3n) is 3.86. The van der Waals surface area contributed by atoms with Crippen molar-refractivity contribution in [1.82, 2.24) is 10.2 Å². The van der Waals surface area contributed by atoms with E-state index in [2.05, 4.69) is 15.5 Å². The number of methoxy groups -OCH3 is 3. The van der Waals surface area contributed by atoms with Crippen molar-refractivity contribution >= 4 is 45.7 Å². The van der Waals surface area contributed by atoms with E-state index in [0.29, 0.717) is 38.7 Å². The summed E-state index contributed by atoms with van der Waals surface area (Å²) in [6.07, 6.45) is 0. The van der Waals surface area contributed by atoms with Crippen LogP contribution in [0.15, 0.2) is 40.7 Å². The Morgan fingerprint density at radius 2 is 1.79 bits per heavy atom. The maximum atomic E-state index is 12.6. The molecule has 10 heteroatoms. The van der Waals surface area contributed by atoms with Gasteiger partial charge in [0.25, 0.3) is 5.91 Å². The van der Waals surface area contributed by atoms with Crippen LogP contribution in [0.25, 0.3) is 0 Å². The molecule has 0 aliphatic carbocycles. The maximum Gasteiger partial charge on any atom is 0.257 e. The van der Waals surface area contributed by atoms with Crippen molar-refractivity contribution < 1.29 is 19.0 Å². The van der Waals surface area contributed by atoms with E-state index in [1.165, 1.54) is 44.4 Å². The van der Waals surface area contributed by atoms with Gasteiger partial charge >= 0.3 is 0 Å². The zero-order valence-electron chi connectivity index (χ0n) is 15.9. The molecule has 3 rings (SSSR count). The van der Waals surface area contributed by atoms with Crippen LogP contribution in [0.2, 0.25) is 5.02 Å². The average Bonchev–Trinajstić information content (AvgIpc) is 3.19. The molecule has 3 aromatic rings. The molecule has 0 fully saturated rings. The van der Waals surface area contributed by atoms with Crippen LogP contribution in [-0.4, -0.2) is 37.4 Å². The number of anilines is 1. The molecule has 0 aliphatic heterocycles. The van der Waals surface area contributed by atoms with E-state index in [9.17, 15) is 4.79 Å². The van der Waals surface area contributed by atoms with Crippen LogP contribution in [-0.2, 0) is 5.75 Å². The van der Waals surface area contributed by atoms with Gasteiger partial charge in [0, 0.05) is 16.3 Å². The summed E-state index contributed by atoms with van der Waals surface area (Å²) in [5.41, 5.74) is 1.36. The van der Waals surface area contributed by atoms with Crippen LogP contribution in [0.1, 0.15) is 15.9 Å². The van der Waals surface area contributed by atoms with Crippen LogP contribution in [0.5, 0.6) is 17.2 Å². The van der Waals surface area contributed by atoms with Crippen molar-refractivity contribution in [1.29, 1.82) is 0 Å². The molecule has 0 atom stereocenters. The first-order valence-corrected chi connectivity index (χ1v) is 10.5. The molecule has 152 valence electrons. The predicted molar refractivity (Wildman–Crippen MR) is 115 cm³/mol. The number of benzene rings is 2. The molecule has 1 amide bonds. The smallest absolute Gasteiger partial charge is 0.257 e. The van der Waals surface area contributed by atoms with Crippen molar-refractivity contribution in [2.24, 2.45) is 0 Å². The summed E-state index contributed by atoms with van der Waals surface area (Å²) in [7, 11) is 4.49. The Kier molecular flexibility index (Phi) is 7.18. The van der Waals surface area contributed by atoms with Crippen LogP contribution >= 0.6 is 34.7 Å². The number of rotatable bonds is 8. The Balaban J connectivity index is 1.69. The number of carbonyl (C=O) groups excluding carboxylic acids is 1. The fourth-order valence-corrected chi connectivity index (χ4v) is 4.49. The number of aromatic nitrogens is 2. The molecule has 0 saturated heterocycles. The van der Waals surface area contributed by atoms with E-state index in [1.54, 1.807) is 12.1 Å². The summed E-state index contributed by atoms with van der Waals surface area (Å²) in [5, 5.41) is 12.0. The molecule has 1 aromatic heterocycles. The third-order valence-corrected chi connectivity index (χ3v) is 6.25. The largest absolute Gasteiger partial charge is 0.493 e. The van der Waals surface area contributed by atoms with Gasteiger partial charge in [-0.15, -0.1) is 10.2 Å². The summed E-state index contributed by atoms with van der Waals surface area (Å²) in [5.74, 6) is 1.51. The first kappa shape index (κ1) is 21.2. The number of amides is 1. The number of thioether (sulfide) groups is 1. The monoisotopic (exact) mass is 451 g/mol. The van der Waals surface area contributed by atoms with Gasteiger partial charge in [-0.25, -0.2) is 0 Å². The highest BCUT2D eigenvalue weighted by Gasteiger charge is 2.18. The fourth-order valence-electron chi connectivity index (χ4n) is 2.46. The average molecular weight is 452 g/mol. The van der Waals surface area contributed by atoms with Gasteiger partial charge < -0.3 is 14.2 Å². The highest BCUT2D eigenvalue weighted by atomic mass is 35.5. The van der Waals surface area contributed by atoms with Gasteiger partial charge in [0.2, 0.25) is 10.9 Å². The second kappa shape index (κ2) is 9.82. The lowest BCUT2D eigenvalue weighted by atomic mass is 10.1. The number of hydrogen-bond acceptors (Lipinski definition) is 8. The van der Waals surface area contributed by atoms with Crippen LogP contribution in [0.3, 0.4) is 0 Å². The van der Waals surface area contributed by atoms with E-state index in [4.69, 9.17) is 25.8 Å². The molecule has 0 radical (unpaired) electrons. The van der Waals surface area contributed by atoms with Gasteiger partial charge in [-0.3, -0.25) is 10.1 Å². The SMILES string of the molecule is COc1cc(C(=O)Nc2nnc(SCc3ccccc3Cl)s2)cc(OC)c1OC. The Morgan fingerprint density at radius 3 is 2.41 bits per heavy atom. The van der Waals surface area contributed by atoms with E-state index in [1.807, 2.05) is 24.3 Å². The minimum Gasteiger partial charge on any atom is -0.493 e. The van der Waals surface area contributed by atoms with E-state index < -0.39 is 0 Å². The molecule has 1 heterocycles. The lowest BCUT2D eigenvalue weighted by Crippen LogP contribution is -2.12. The van der Waals surface area contributed by atoms with Gasteiger partial charge in [-0.05, 0) is 23.8 Å². The minimum absolute atomic E-state index is 0.347. The summed E-state index contributed by atoms with van der Waals surface area (Å²) >= 11 is 8.96. The van der Waals surface area contributed by atoms with Gasteiger partial charge in [-0.1, -0.05) is 52.9 Å².